The monoisotopic (exact) mass is 420 g/mol. The first-order valence-corrected chi connectivity index (χ1v) is 10.6. The van der Waals surface area contributed by atoms with Gasteiger partial charge < -0.3 is 10.6 Å². The highest BCUT2D eigenvalue weighted by molar-refractivity contribution is 5.97. The second kappa shape index (κ2) is 10.2. The molecule has 4 rings (SSSR count). The molecule has 4 aromatic carbocycles. The minimum Gasteiger partial charge on any atom is -0.345 e. The molecule has 4 aromatic rings. The molecule has 4 nitrogen and oxygen atoms in total. The number of benzene rings is 4. The van der Waals surface area contributed by atoms with Crippen LogP contribution in [0.2, 0.25) is 0 Å². The first-order valence-electron chi connectivity index (χ1n) is 10.6. The Morgan fingerprint density at radius 3 is 1.91 bits per heavy atom. The van der Waals surface area contributed by atoms with Crippen molar-refractivity contribution in [3.05, 3.63) is 126 Å². The number of carbonyl (C=O) groups excluding carboxylic acids is 2. The molecule has 0 radical (unpaired) electrons. The molecule has 0 fully saturated rings. The lowest BCUT2D eigenvalue weighted by molar-refractivity contribution is -0.116. The van der Waals surface area contributed by atoms with E-state index in [0.29, 0.717) is 5.56 Å². The molecule has 0 aromatic heterocycles. The number of rotatable bonds is 7. The van der Waals surface area contributed by atoms with Gasteiger partial charge in [-0.05, 0) is 29.3 Å². The summed E-state index contributed by atoms with van der Waals surface area (Å²) in [6, 6.07) is 35.8. The van der Waals surface area contributed by atoms with Gasteiger partial charge in [0, 0.05) is 16.8 Å². The van der Waals surface area contributed by atoms with Crippen LogP contribution in [0.15, 0.2) is 115 Å². The molecule has 0 saturated heterocycles. The summed E-state index contributed by atoms with van der Waals surface area (Å²) in [6.45, 7) is 0. The molecule has 0 heterocycles. The van der Waals surface area contributed by atoms with Crippen molar-refractivity contribution in [1.29, 1.82) is 0 Å². The number of hydrogen-bond acceptors (Lipinski definition) is 2. The van der Waals surface area contributed by atoms with Gasteiger partial charge in [0.1, 0.15) is 0 Å². The van der Waals surface area contributed by atoms with E-state index in [2.05, 4.69) is 10.6 Å². The standard InChI is InChI=1S/C28H24N2O2/c31-27(29-25-19-11-10-18-24(25)21-12-4-1-5-13-21)20-26(22-14-6-2-7-15-22)30-28(32)23-16-8-3-9-17-23/h1-19,26H,20H2,(H,29,31)(H,30,32). The van der Waals surface area contributed by atoms with Crippen LogP contribution in [0.25, 0.3) is 11.1 Å². The maximum absolute atomic E-state index is 13.0. The topological polar surface area (TPSA) is 58.2 Å². The molecule has 32 heavy (non-hydrogen) atoms. The number of anilines is 1. The second-order valence-corrected chi connectivity index (χ2v) is 7.47. The van der Waals surface area contributed by atoms with E-state index >= 15 is 0 Å². The van der Waals surface area contributed by atoms with Gasteiger partial charge in [-0.2, -0.15) is 0 Å². The molecule has 2 amide bonds. The van der Waals surface area contributed by atoms with Gasteiger partial charge in [0.15, 0.2) is 0 Å². The molecule has 1 unspecified atom stereocenters. The van der Waals surface area contributed by atoms with Crippen LogP contribution in [0.1, 0.15) is 28.4 Å². The largest absolute Gasteiger partial charge is 0.345 e. The van der Waals surface area contributed by atoms with Crippen molar-refractivity contribution in [2.45, 2.75) is 12.5 Å². The fourth-order valence-electron chi connectivity index (χ4n) is 3.62. The maximum atomic E-state index is 13.0. The van der Waals surface area contributed by atoms with Gasteiger partial charge in [0.2, 0.25) is 5.91 Å². The molecule has 2 N–H and O–H groups in total. The molecule has 0 spiro atoms. The Kier molecular flexibility index (Phi) is 6.73. The second-order valence-electron chi connectivity index (χ2n) is 7.47. The van der Waals surface area contributed by atoms with Crippen molar-refractivity contribution >= 4 is 17.5 Å². The summed E-state index contributed by atoms with van der Waals surface area (Å²) in [5.41, 5.74) is 4.16. The van der Waals surface area contributed by atoms with Crippen molar-refractivity contribution in [2.24, 2.45) is 0 Å². The van der Waals surface area contributed by atoms with Crippen LogP contribution >= 0.6 is 0 Å². The van der Waals surface area contributed by atoms with E-state index in [9.17, 15) is 9.59 Å². The van der Waals surface area contributed by atoms with E-state index in [1.165, 1.54) is 0 Å². The maximum Gasteiger partial charge on any atom is 0.251 e. The molecule has 1 atom stereocenters. The number of nitrogens with one attached hydrogen (secondary N) is 2. The first-order chi connectivity index (χ1) is 15.7. The zero-order valence-electron chi connectivity index (χ0n) is 17.6. The Morgan fingerprint density at radius 1 is 0.656 bits per heavy atom. The lowest BCUT2D eigenvalue weighted by Crippen LogP contribution is -2.31. The quantitative estimate of drug-likeness (QED) is 0.394. The highest BCUT2D eigenvalue weighted by atomic mass is 16.2. The van der Waals surface area contributed by atoms with Gasteiger partial charge >= 0.3 is 0 Å². The van der Waals surface area contributed by atoms with Crippen LogP contribution in [-0.4, -0.2) is 11.8 Å². The summed E-state index contributed by atoms with van der Waals surface area (Å²) < 4.78 is 0. The van der Waals surface area contributed by atoms with Crippen LogP contribution in [-0.2, 0) is 4.79 Å². The average Bonchev–Trinajstić information content (AvgIpc) is 2.85. The van der Waals surface area contributed by atoms with Gasteiger partial charge in [0.05, 0.1) is 12.5 Å². The van der Waals surface area contributed by atoms with Gasteiger partial charge in [-0.3, -0.25) is 9.59 Å². The van der Waals surface area contributed by atoms with Crippen molar-refractivity contribution in [2.75, 3.05) is 5.32 Å². The Morgan fingerprint density at radius 2 is 1.22 bits per heavy atom. The summed E-state index contributed by atoms with van der Waals surface area (Å²) in [7, 11) is 0. The Labute approximate surface area is 187 Å². The number of hydrogen-bond donors (Lipinski definition) is 2. The molecule has 0 aliphatic rings. The lowest BCUT2D eigenvalue weighted by atomic mass is 10.0. The highest BCUT2D eigenvalue weighted by Gasteiger charge is 2.20. The van der Waals surface area contributed by atoms with Gasteiger partial charge in [-0.1, -0.05) is 97.1 Å². The Bertz CT molecular complexity index is 1180. The van der Waals surface area contributed by atoms with E-state index in [4.69, 9.17) is 0 Å². The third kappa shape index (κ3) is 5.29. The molecular formula is C28H24N2O2. The van der Waals surface area contributed by atoms with Crippen molar-refractivity contribution in [3.8, 4) is 11.1 Å². The SMILES string of the molecule is O=C(CC(NC(=O)c1ccccc1)c1ccccc1)Nc1ccccc1-c1ccccc1. The van der Waals surface area contributed by atoms with Gasteiger partial charge in [-0.25, -0.2) is 0 Å². The molecule has 0 bridgehead atoms. The summed E-state index contributed by atoms with van der Waals surface area (Å²) >= 11 is 0. The minimum absolute atomic E-state index is 0.117. The zero-order valence-corrected chi connectivity index (χ0v) is 17.6. The number of amides is 2. The van der Waals surface area contributed by atoms with E-state index in [1.54, 1.807) is 12.1 Å². The summed E-state index contributed by atoms with van der Waals surface area (Å²) in [6.07, 6.45) is 0.117. The van der Waals surface area contributed by atoms with Crippen molar-refractivity contribution in [3.63, 3.8) is 0 Å². The molecular weight excluding hydrogens is 396 g/mol. The van der Waals surface area contributed by atoms with Crippen molar-refractivity contribution in [1.82, 2.24) is 5.32 Å². The summed E-state index contributed by atoms with van der Waals surface area (Å²) in [5.74, 6) is -0.382. The molecule has 158 valence electrons. The van der Waals surface area contributed by atoms with Crippen LogP contribution in [0.3, 0.4) is 0 Å². The summed E-state index contributed by atoms with van der Waals surface area (Å²) in [4.78, 5) is 25.8. The van der Waals surface area contributed by atoms with Crippen LogP contribution < -0.4 is 10.6 Å². The lowest BCUT2D eigenvalue weighted by Gasteiger charge is -2.20. The first kappa shape index (κ1) is 21.1. The number of carbonyl (C=O) groups is 2. The van der Waals surface area contributed by atoms with E-state index in [0.717, 1.165) is 22.4 Å². The smallest absolute Gasteiger partial charge is 0.251 e. The van der Waals surface area contributed by atoms with Crippen molar-refractivity contribution < 1.29 is 9.59 Å². The summed E-state index contributed by atoms with van der Waals surface area (Å²) in [5, 5.41) is 6.04. The van der Waals surface area contributed by atoms with Crippen LogP contribution in [0.5, 0.6) is 0 Å². The zero-order chi connectivity index (χ0) is 22.2. The van der Waals surface area contributed by atoms with Gasteiger partial charge in [-0.15, -0.1) is 0 Å². The van der Waals surface area contributed by atoms with Gasteiger partial charge in [0.25, 0.3) is 5.91 Å². The predicted molar refractivity (Wildman–Crippen MR) is 128 cm³/mol. The predicted octanol–water partition coefficient (Wildman–Crippen LogP) is 5.85. The Balaban J connectivity index is 1.53. The fraction of sp³-hybridized carbons (Fsp3) is 0.0714. The molecule has 4 heteroatoms. The van der Waals surface area contributed by atoms with E-state index in [1.807, 2.05) is 103 Å². The van der Waals surface area contributed by atoms with E-state index < -0.39 is 6.04 Å². The fourth-order valence-corrected chi connectivity index (χ4v) is 3.62. The molecule has 0 aliphatic carbocycles. The number of para-hydroxylation sites is 1. The van der Waals surface area contributed by atoms with Crippen LogP contribution in [0.4, 0.5) is 5.69 Å². The minimum atomic E-state index is -0.451. The third-order valence-corrected chi connectivity index (χ3v) is 5.22. The van der Waals surface area contributed by atoms with E-state index in [-0.39, 0.29) is 18.2 Å². The Hall–Kier alpha value is -4.18. The van der Waals surface area contributed by atoms with Crippen LogP contribution in [0, 0.1) is 0 Å². The molecule has 0 saturated carbocycles. The average molecular weight is 421 g/mol. The normalized spacial score (nSPS) is 11.4. The molecule has 0 aliphatic heterocycles. The highest BCUT2D eigenvalue weighted by Crippen LogP contribution is 2.28. The third-order valence-electron chi connectivity index (χ3n) is 5.22.